The second-order valence-corrected chi connectivity index (χ2v) is 27.2. The van der Waals surface area contributed by atoms with Gasteiger partial charge in [-0.15, -0.1) is 0 Å². The molecule has 0 spiro atoms. The number of likely N-dealkylation sites (N-methyl/N-ethyl adjacent to an activating group) is 1. The van der Waals surface area contributed by atoms with E-state index in [1.807, 2.05) is 33.3 Å². The number of nitrogens with zero attached hydrogens (tertiary/aromatic N) is 1. The van der Waals surface area contributed by atoms with Crippen LogP contribution < -0.4 is 5.32 Å². The van der Waals surface area contributed by atoms with Crippen molar-refractivity contribution in [1.29, 1.82) is 0 Å². The number of unbranched alkanes of at least 4 members (excludes halogenated alkanes) is 36. The summed E-state index contributed by atoms with van der Waals surface area (Å²) in [6, 6.07) is -0.860. The van der Waals surface area contributed by atoms with E-state index < -0.39 is 20.0 Å². The van der Waals surface area contributed by atoms with Crippen molar-refractivity contribution in [3.05, 3.63) is 97.2 Å². The fraction of sp³-hybridized carbons (Fsp3) is 0.766. The third-order valence-corrected chi connectivity index (χ3v) is 17.0. The van der Waals surface area contributed by atoms with Gasteiger partial charge in [-0.05, 0) is 115 Å². The minimum Gasteiger partial charge on any atom is -0.456 e. The van der Waals surface area contributed by atoms with Crippen molar-refractivity contribution in [3.63, 3.8) is 0 Å². The standard InChI is InChI=1S/C77H139N2O7P/c1-7-10-13-16-19-22-25-28-30-32-34-36-37-38-39-40-41-43-44-46-48-51-54-57-60-63-66-69-76(80)78-74(73-85-87(82,83)84-72-71-79(4,5)6)75(68-65-62-59-56-53-50-27-24-21-18-15-12-9-3)86-77(81)70-67-64-61-58-55-52-49-47-45-42-35-33-31-29-26-23-20-17-14-11-8-2/h19-20,22-23,28-31,34-36,38-39,42,65,68,74-75H,7-18,21,24-27,32-33,37,40-41,43-64,66-67,69-73H2,1-6H3,(H-,78,80,82,83)/p+1/b22-19-,23-20-,30-28-,31-29-,36-34-,39-38-,42-35-,68-65-. The second-order valence-electron chi connectivity index (χ2n) is 25.8. The molecule has 3 unspecified atom stereocenters. The lowest BCUT2D eigenvalue weighted by Crippen LogP contribution is -2.47. The first-order valence-corrected chi connectivity index (χ1v) is 38.1. The fourth-order valence-electron chi connectivity index (χ4n) is 10.3. The van der Waals surface area contributed by atoms with E-state index in [0.717, 1.165) is 103 Å². The molecule has 0 aliphatic carbocycles. The van der Waals surface area contributed by atoms with Crippen LogP contribution in [0, 0.1) is 0 Å². The van der Waals surface area contributed by atoms with E-state index >= 15 is 0 Å². The Hall–Kier alpha value is -3.07. The number of nitrogens with one attached hydrogen (secondary N) is 1. The maximum absolute atomic E-state index is 13.6. The number of carbonyl (C=O) groups excluding carboxylic acids is 2. The highest BCUT2D eigenvalue weighted by Gasteiger charge is 2.30. The predicted molar refractivity (Wildman–Crippen MR) is 378 cm³/mol. The summed E-state index contributed by atoms with van der Waals surface area (Å²) in [7, 11) is 1.49. The fourth-order valence-corrected chi connectivity index (χ4v) is 11.1. The molecule has 0 aromatic rings. The Morgan fingerprint density at radius 3 is 1.07 bits per heavy atom. The van der Waals surface area contributed by atoms with E-state index in [1.165, 1.54) is 193 Å². The third kappa shape index (κ3) is 67.2. The van der Waals surface area contributed by atoms with Gasteiger partial charge in [-0.3, -0.25) is 18.6 Å². The van der Waals surface area contributed by atoms with Crippen LogP contribution in [-0.4, -0.2) is 74.3 Å². The lowest BCUT2D eigenvalue weighted by atomic mass is 10.0. The SMILES string of the molecule is CCCCC/C=C\C/C=C\C/C=C\C/C=C\CCCCCCCCCCCCCC(=O)NC(COP(=O)(O)OCC[N+](C)(C)C)C(/C=C\CCCCCCCCCCCCC)OC(=O)CCCCCCCCCC/C=C\C/C=C\C/C=C\CCCCC. The number of ether oxygens (including phenoxy) is 1. The van der Waals surface area contributed by atoms with Crippen LogP contribution in [0.15, 0.2) is 97.2 Å². The highest BCUT2D eigenvalue weighted by Crippen LogP contribution is 2.43. The first-order valence-electron chi connectivity index (χ1n) is 36.6. The normalized spacial score (nSPS) is 14.1. The average Bonchev–Trinajstić information content (AvgIpc) is 3.69. The van der Waals surface area contributed by atoms with Crippen LogP contribution in [-0.2, 0) is 27.9 Å². The van der Waals surface area contributed by atoms with Gasteiger partial charge in [0.1, 0.15) is 19.3 Å². The van der Waals surface area contributed by atoms with Gasteiger partial charge in [0.15, 0.2) is 0 Å². The van der Waals surface area contributed by atoms with Gasteiger partial charge < -0.3 is 19.4 Å². The van der Waals surface area contributed by atoms with E-state index in [-0.39, 0.29) is 31.5 Å². The number of hydrogen-bond donors (Lipinski definition) is 2. The largest absolute Gasteiger partial charge is 0.472 e. The van der Waals surface area contributed by atoms with Gasteiger partial charge in [0, 0.05) is 12.8 Å². The number of phosphoric acid groups is 1. The lowest BCUT2D eigenvalue weighted by molar-refractivity contribution is -0.870. The average molecular weight is 1240 g/mol. The molecular weight excluding hydrogens is 1100 g/mol. The predicted octanol–water partition coefficient (Wildman–Crippen LogP) is 23.5. The molecule has 0 aliphatic rings. The molecule has 9 nitrogen and oxygen atoms in total. The van der Waals surface area contributed by atoms with E-state index in [4.69, 9.17) is 13.8 Å². The summed E-state index contributed by atoms with van der Waals surface area (Å²) in [5.41, 5.74) is 0. The summed E-state index contributed by atoms with van der Waals surface area (Å²) in [4.78, 5) is 38.0. The van der Waals surface area contributed by atoms with Crippen molar-refractivity contribution < 1.29 is 37.3 Å². The van der Waals surface area contributed by atoms with Gasteiger partial charge in [0.25, 0.3) is 0 Å². The number of esters is 1. The van der Waals surface area contributed by atoms with Crippen LogP contribution in [0.1, 0.15) is 329 Å². The van der Waals surface area contributed by atoms with E-state index in [1.54, 1.807) is 0 Å². The first kappa shape index (κ1) is 83.9. The molecule has 2 N–H and O–H groups in total. The van der Waals surface area contributed by atoms with E-state index in [2.05, 4.69) is 111 Å². The molecule has 0 aliphatic heterocycles. The Kier molecular flexibility index (Phi) is 63.5. The van der Waals surface area contributed by atoms with Crippen molar-refractivity contribution in [1.82, 2.24) is 5.32 Å². The van der Waals surface area contributed by atoms with E-state index in [9.17, 15) is 19.0 Å². The molecule has 1 amide bonds. The van der Waals surface area contributed by atoms with Crippen molar-refractivity contribution in [3.8, 4) is 0 Å². The summed E-state index contributed by atoms with van der Waals surface area (Å²) in [6.07, 6.45) is 89.8. The van der Waals surface area contributed by atoms with Crippen LogP contribution in [0.25, 0.3) is 0 Å². The number of phosphoric ester groups is 1. The Labute approximate surface area is 538 Å². The van der Waals surface area contributed by atoms with Gasteiger partial charge in [0.2, 0.25) is 5.91 Å². The van der Waals surface area contributed by atoms with Crippen LogP contribution in [0.4, 0.5) is 0 Å². The molecule has 0 saturated heterocycles. The van der Waals surface area contributed by atoms with Crippen LogP contribution in [0.2, 0.25) is 0 Å². The number of allylic oxidation sites excluding steroid dienone is 15. The van der Waals surface area contributed by atoms with Crippen molar-refractivity contribution in [2.45, 2.75) is 341 Å². The number of hydrogen-bond acceptors (Lipinski definition) is 6. The Bertz CT molecular complexity index is 1810. The monoisotopic (exact) mass is 1240 g/mol. The molecule has 0 fully saturated rings. The first-order chi connectivity index (χ1) is 42.4. The Morgan fingerprint density at radius 2 is 0.701 bits per heavy atom. The van der Waals surface area contributed by atoms with Crippen molar-refractivity contribution in [2.75, 3.05) is 40.9 Å². The molecule has 0 aromatic carbocycles. The summed E-state index contributed by atoms with van der Waals surface area (Å²) >= 11 is 0. The lowest BCUT2D eigenvalue weighted by Gasteiger charge is -2.27. The molecule has 0 heterocycles. The number of carbonyl (C=O) groups is 2. The highest BCUT2D eigenvalue weighted by molar-refractivity contribution is 7.47. The van der Waals surface area contributed by atoms with Crippen LogP contribution >= 0.6 is 7.82 Å². The molecule has 10 heteroatoms. The van der Waals surface area contributed by atoms with E-state index in [0.29, 0.717) is 17.4 Å². The summed E-state index contributed by atoms with van der Waals surface area (Å²) in [5, 5.41) is 3.07. The van der Waals surface area contributed by atoms with Crippen LogP contribution in [0.5, 0.6) is 0 Å². The molecule has 3 atom stereocenters. The van der Waals surface area contributed by atoms with Gasteiger partial charge in [0.05, 0.1) is 33.8 Å². The van der Waals surface area contributed by atoms with Crippen LogP contribution in [0.3, 0.4) is 0 Å². The molecule has 504 valence electrons. The second kappa shape index (κ2) is 65.9. The topological polar surface area (TPSA) is 111 Å². The Morgan fingerprint density at radius 1 is 0.402 bits per heavy atom. The minimum atomic E-state index is -4.46. The molecule has 0 bridgehead atoms. The van der Waals surface area contributed by atoms with Gasteiger partial charge >= 0.3 is 13.8 Å². The molecule has 0 aromatic heterocycles. The maximum atomic E-state index is 13.6. The van der Waals surface area contributed by atoms with Gasteiger partial charge in [-0.2, -0.15) is 0 Å². The molecule has 0 saturated carbocycles. The van der Waals surface area contributed by atoms with Crippen molar-refractivity contribution >= 4 is 19.7 Å². The third-order valence-electron chi connectivity index (χ3n) is 16.0. The number of amides is 1. The highest BCUT2D eigenvalue weighted by atomic mass is 31.2. The molecule has 0 rings (SSSR count). The smallest absolute Gasteiger partial charge is 0.456 e. The zero-order chi connectivity index (χ0) is 63.5. The zero-order valence-corrected chi connectivity index (χ0v) is 58.6. The summed E-state index contributed by atoms with van der Waals surface area (Å²) in [6.45, 7) is 6.98. The molecule has 0 radical (unpaired) electrons. The molecule has 87 heavy (non-hydrogen) atoms. The zero-order valence-electron chi connectivity index (χ0n) is 57.7. The van der Waals surface area contributed by atoms with Crippen molar-refractivity contribution in [2.24, 2.45) is 0 Å². The maximum Gasteiger partial charge on any atom is 0.472 e. The summed E-state index contributed by atoms with van der Waals surface area (Å²) in [5.74, 6) is -0.511. The molecular formula is C77H140N2O7P+. The van der Waals surface area contributed by atoms with Gasteiger partial charge in [-0.1, -0.05) is 298 Å². The quantitative estimate of drug-likeness (QED) is 0.0205. The summed E-state index contributed by atoms with van der Waals surface area (Å²) < 4.78 is 30.9. The minimum absolute atomic E-state index is 0.0350. The van der Waals surface area contributed by atoms with Gasteiger partial charge in [-0.25, -0.2) is 4.57 Å². The number of rotatable bonds is 66. The number of quaternary nitrogens is 1. The Balaban J connectivity index is 5.09.